The molecular weight excluding hydrogens is 330 g/mol. The van der Waals surface area contributed by atoms with Crippen LogP contribution in [0.4, 0.5) is 5.69 Å². The predicted octanol–water partition coefficient (Wildman–Crippen LogP) is 2.72. The molecule has 2 amide bonds. The Bertz CT molecular complexity index is 810. The molecule has 0 aliphatic rings. The summed E-state index contributed by atoms with van der Waals surface area (Å²) in [7, 11) is 0. The van der Waals surface area contributed by atoms with E-state index < -0.39 is 0 Å². The Morgan fingerprint density at radius 3 is 2.46 bits per heavy atom. The average Bonchev–Trinajstić information content (AvgIpc) is 2.61. The van der Waals surface area contributed by atoms with E-state index in [0.29, 0.717) is 17.8 Å². The highest BCUT2D eigenvalue weighted by Gasteiger charge is 2.07. The number of hydrogen-bond donors (Lipinski definition) is 2. The summed E-state index contributed by atoms with van der Waals surface area (Å²) in [5.74, 6) is -0.419. The SMILES string of the molecule is CCCCCNC(=O)c1ccc(NC(=O)Cn2ccc(C)cc2=O)cc1. The normalized spacial score (nSPS) is 10.4. The number of rotatable bonds is 8. The van der Waals surface area contributed by atoms with Gasteiger partial charge >= 0.3 is 0 Å². The molecule has 0 aliphatic heterocycles. The van der Waals surface area contributed by atoms with Crippen LogP contribution in [-0.4, -0.2) is 22.9 Å². The van der Waals surface area contributed by atoms with Crippen molar-refractivity contribution in [2.24, 2.45) is 0 Å². The van der Waals surface area contributed by atoms with Gasteiger partial charge in [-0.25, -0.2) is 0 Å². The van der Waals surface area contributed by atoms with E-state index in [9.17, 15) is 14.4 Å². The van der Waals surface area contributed by atoms with E-state index in [4.69, 9.17) is 0 Å². The van der Waals surface area contributed by atoms with Crippen LogP contribution in [0.15, 0.2) is 47.4 Å². The van der Waals surface area contributed by atoms with Gasteiger partial charge in [-0.3, -0.25) is 14.4 Å². The van der Waals surface area contributed by atoms with Crippen LogP contribution in [-0.2, 0) is 11.3 Å². The fraction of sp³-hybridized carbons (Fsp3) is 0.350. The lowest BCUT2D eigenvalue weighted by Gasteiger charge is -2.09. The summed E-state index contributed by atoms with van der Waals surface area (Å²) in [6, 6.07) is 9.96. The Morgan fingerprint density at radius 2 is 1.81 bits per heavy atom. The van der Waals surface area contributed by atoms with Gasteiger partial charge in [0.1, 0.15) is 6.54 Å². The van der Waals surface area contributed by atoms with Gasteiger partial charge < -0.3 is 15.2 Å². The zero-order valence-corrected chi connectivity index (χ0v) is 15.2. The van der Waals surface area contributed by atoms with Crippen molar-refractivity contribution in [1.82, 2.24) is 9.88 Å². The summed E-state index contributed by atoms with van der Waals surface area (Å²) in [5, 5.41) is 5.60. The molecule has 0 atom stereocenters. The summed E-state index contributed by atoms with van der Waals surface area (Å²) >= 11 is 0. The molecule has 2 N–H and O–H groups in total. The maximum absolute atomic E-state index is 12.1. The minimum absolute atomic E-state index is 0.0568. The number of anilines is 1. The summed E-state index contributed by atoms with van der Waals surface area (Å²) in [6.07, 6.45) is 4.77. The number of carbonyl (C=O) groups is 2. The lowest BCUT2D eigenvalue weighted by atomic mass is 10.2. The molecule has 0 spiro atoms. The minimum atomic E-state index is -0.298. The van der Waals surface area contributed by atoms with E-state index in [1.807, 2.05) is 6.92 Å². The molecule has 0 fully saturated rings. The molecule has 6 heteroatoms. The standard InChI is InChI=1S/C20H25N3O3/c1-3-4-5-11-21-20(26)16-6-8-17(9-7-16)22-18(24)14-23-12-10-15(2)13-19(23)25/h6-10,12-13H,3-5,11,14H2,1-2H3,(H,21,26)(H,22,24). The largest absolute Gasteiger partial charge is 0.352 e. The maximum atomic E-state index is 12.1. The minimum Gasteiger partial charge on any atom is -0.352 e. The Balaban J connectivity index is 1.89. The van der Waals surface area contributed by atoms with E-state index in [-0.39, 0.29) is 23.9 Å². The van der Waals surface area contributed by atoms with Crippen LogP contribution >= 0.6 is 0 Å². The zero-order chi connectivity index (χ0) is 18.9. The molecule has 0 bridgehead atoms. The predicted molar refractivity (Wildman–Crippen MR) is 102 cm³/mol. The lowest BCUT2D eigenvalue weighted by molar-refractivity contribution is -0.116. The third-order valence-electron chi connectivity index (χ3n) is 3.96. The number of aryl methyl sites for hydroxylation is 1. The van der Waals surface area contributed by atoms with Crippen molar-refractivity contribution in [2.45, 2.75) is 39.7 Å². The maximum Gasteiger partial charge on any atom is 0.251 e. The third-order valence-corrected chi connectivity index (χ3v) is 3.96. The van der Waals surface area contributed by atoms with Crippen molar-refractivity contribution in [3.63, 3.8) is 0 Å². The van der Waals surface area contributed by atoms with Crippen molar-refractivity contribution in [1.29, 1.82) is 0 Å². The van der Waals surface area contributed by atoms with Crippen molar-refractivity contribution in [3.8, 4) is 0 Å². The van der Waals surface area contributed by atoms with Gasteiger partial charge in [-0.1, -0.05) is 19.8 Å². The third kappa shape index (κ3) is 5.88. The molecule has 0 aliphatic carbocycles. The highest BCUT2D eigenvalue weighted by molar-refractivity contribution is 5.95. The molecule has 6 nitrogen and oxygen atoms in total. The molecule has 2 aromatic rings. The summed E-state index contributed by atoms with van der Waals surface area (Å²) in [4.78, 5) is 35.9. The number of aromatic nitrogens is 1. The number of hydrogen-bond acceptors (Lipinski definition) is 3. The fourth-order valence-electron chi connectivity index (χ4n) is 2.48. The smallest absolute Gasteiger partial charge is 0.251 e. The molecular formula is C20H25N3O3. The second-order valence-electron chi connectivity index (χ2n) is 6.26. The molecule has 0 radical (unpaired) electrons. The molecule has 2 rings (SSSR count). The second kappa shape index (κ2) is 9.56. The first kappa shape index (κ1) is 19.4. The van der Waals surface area contributed by atoms with Crippen LogP contribution in [0.1, 0.15) is 42.1 Å². The summed E-state index contributed by atoms with van der Waals surface area (Å²) < 4.78 is 1.35. The van der Waals surface area contributed by atoms with Crippen molar-refractivity contribution in [2.75, 3.05) is 11.9 Å². The first-order chi connectivity index (χ1) is 12.5. The quantitative estimate of drug-likeness (QED) is 0.715. The Kier molecular flexibility index (Phi) is 7.14. The van der Waals surface area contributed by atoms with E-state index in [0.717, 1.165) is 24.8 Å². The molecule has 138 valence electrons. The Labute approximate surface area is 153 Å². The molecule has 1 heterocycles. The van der Waals surface area contributed by atoms with Crippen LogP contribution < -0.4 is 16.2 Å². The number of nitrogens with zero attached hydrogens (tertiary/aromatic N) is 1. The zero-order valence-electron chi connectivity index (χ0n) is 15.2. The van der Waals surface area contributed by atoms with Gasteiger partial charge in [0, 0.05) is 30.1 Å². The van der Waals surface area contributed by atoms with E-state index in [1.54, 1.807) is 36.5 Å². The topological polar surface area (TPSA) is 80.2 Å². The first-order valence-corrected chi connectivity index (χ1v) is 8.85. The van der Waals surface area contributed by atoms with E-state index >= 15 is 0 Å². The molecule has 1 aromatic heterocycles. The number of pyridine rings is 1. The van der Waals surface area contributed by atoms with E-state index in [2.05, 4.69) is 17.6 Å². The van der Waals surface area contributed by atoms with Gasteiger partial charge in [-0.05, 0) is 49.2 Å². The highest BCUT2D eigenvalue weighted by Crippen LogP contribution is 2.10. The number of amides is 2. The average molecular weight is 355 g/mol. The van der Waals surface area contributed by atoms with Gasteiger partial charge in [-0.2, -0.15) is 0 Å². The molecule has 1 aromatic carbocycles. The van der Waals surface area contributed by atoms with Crippen molar-refractivity contribution < 1.29 is 9.59 Å². The van der Waals surface area contributed by atoms with Crippen molar-refractivity contribution in [3.05, 3.63) is 64.1 Å². The molecule has 26 heavy (non-hydrogen) atoms. The second-order valence-corrected chi connectivity index (χ2v) is 6.26. The van der Waals surface area contributed by atoms with Gasteiger partial charge in [-0.15, -0.1) is 0 Å². The van der Waals surface area contributed by atoms with Gasteiger partial charge in [0.25, 0.3) is 11.5 Å². The summed E-state index contributed by atoms with van der Waals surface area (Å²) in [5.41, 5.74) is 1.78. The van der Waals surface area contributed by atoms with Gasteiger partial charge in [0.2, 0.25) is 5.91 Å². The van der Waals surface area contributed by atoms with Crippen LogP contribution in [0, 0.1) is 6.92 Å². The van der Waals surface area contributed by atoms with Crippen LogP contribution in [0.25, 0.3) is 0 Å². The first-order valence-electron chi connectivity index (χ1n) is 8.85. The Hall–Kier alpha value is -2.89. The van der Waals surface area contributed by atoms with Crippen LogP contribution in [0.5, 0.6) is 0 Å². The monoisotopic (exact) mass is 355 g/mol. The fourth-order valence-corrected chi connectivity index (χ4v) is 2.48. The number of benzene rings is 1. The lowest BCUT2D eigenvalue weighted by Crippen LogP contribution is -2.27. The van der Waals surface area contributed by atoms with Crippen molar-refractivity contribution >= 4 is 17.5 Å². The highest BCUT2D eigenvalue weighted by atomic mass is 16.2. The molecule has 0 saturated heterocycles. The molecule has 0 saturated carbocycles. The number of nitrogens with one attached hydrogen (secondary N) is 2. The van der Waals surface area contributed by atoms with Crippen LogP contribution in [0.2, 0.25) is 0 Å². The van der Waals surface area contributed by atoms with Crippen LogP contribution in [0.3, 0.4) is 0 Å². The van der Waals surface area contributed by atoms with Gasteiger partial charge in [0.05, 0.1) is 0 Å². The molecule has 0 unspecified atom stereocenters. The van der Waals surface area contributed by atoms with Gasteiger partial charge in [0.15, 0.2) is 0 Å². The number of unbranched alkanes of at least 4 members (excludes halogenated alkanes) is 2. The Morgan fingerprint density at radius 1 is 1.08 bits per heavy atom. The van der Waals surface area contributed by atoms with E-state index in [1.165, 1.54) is 10.6 Å². The number of carbonyl (C=O) groups excluding carboxylic acids is 2. The summed E-state index contributed by atoms with van der Waals surface area (Å²) in [6.45, 7) is 4.55.